The summed E-state index contributed by atoms with van der Waals surface area (Å²) in [5.74, 6) is 0.429. The van der Waals surface area contributed by atoms with Crippen molar-refractivity contribution in [2.45, 2.75) is 26.4 Å². The number of hydrogen-bond donors (Lipinski definition) is 2. The number of aryl methyl sites for hydroxylation is 1. The molecule has 6 heteroatoms. The van der Waals surface area contributed by atoms with Gasteiger partial charge in [-0.25, -0.2) is 4.99 Å². The minimum absolute atomic E-state index is 0.152. The first-order valence-corrected chi connectivity index (χ1v) is 5.57. The van der Waals surface area contributed by atoms with Crippen LogP contribution in [-0.4, -0.2) is 35.5 Å². The van der Waals surface area contributed by atoms with Crippen molar-refractivity contribution in [3.63, 3.8) is 0 Å². The smallest absolute Gasteiger partial charge is 0.189 e. The average molecular weight is 239 g/mol. The average Bonchev–Trinajstić information content (AvgIpc) is 2.57. The van der Waals surface area contributed by atoms with Crippen LogP contribution in [0.5, 0.6) is 0 Å². The molecule has 1 heterocycles. The molecule has 0 bridgehead atoms. The van der Waals surface area contributed by atoms with E-state index in [4.69, 9.17) is 10.5 Å². The molecule has 1 atom stereocenters. The fourth-order valence-corrected chi connectivity index (χ4v) is 1.46. The number of rotatable bonds is 5. The molecule has 1 aromatic rings. The molecule has 1 aromatic heterocycles. The first kappa shape index (κ1) is 13.5. The Kier molecular flexibility index (Phi) is 4.96. The second-order valence-electron chi connectivity index (χ2n) is 4.08. The van der Waals surface area contributed by atoms with E-state index in [0.717, 1.165) is 11.3 Å². The number of nitrogens with zero attached hydrogens (tertiary/aromatic N) is 3. The minimum atomic E-state index is 0.152. The molecule has 0 saturated heterocycles. The normalized spacial score (nSPS) is 13.8. The molecule has 0 spiro atoms. The molecule has 96 valence electrons. The zero-order valence-electron chi connectivity index (χ0n) is 10.9. The standard InChI is InChI=1S/C11H21N5O/c1-8(7-17-4)15-11(12)13-5-10-6-14-16(3)9(10)2/h6,8H,5,7H2,1-4H3,(H3,12,13,15). The maximum Gasteiger partial charge on any atom is 0.189 e. The molecular weight excluding hydrogens is 218 g/mol. The molecule has 3 N–H and O–H groups in total. The van der Waals surface area contributed by atoms with Crippen LogP contribution in [0.25, 0.3) is 0 Å². The topological polar surface area (TPSA) is 77.5 Å². The third kappa shape index (κ3) is 4.07. The Morgan fingerprint density at radius 2 is 2.41 bits per heavy atom. The van der Waals surface area contributed by atoms with Gasteiger partial charge in [0.15, 0.2) is 5.96 Å². The Labute approximate surface area is 102 Å². The van der Waals surface area contributed by atoms with Crippen LogP contribution >= 0.6 is 0 Å². The number of nitrogens with one attached hydrogen (secondary N) is 1. The summed E-state index contributed by atoms with van der Waals surface area (Å²) in [5.41, 5.74) is 7.95. The van der Waals surface area contributed by atoms with Crippen LogP contribution in [0.4, 0.5) is 0 Å². The zero-order valence-corrected chi connectivity index (χ0v) is 10.9. The van der Waals surface area contributed by atoms with E-state index in [-0.39, 0.29) is 6.04 Å². The van der Waals surface area contributed by atoms with Crippen LogP contribution in [0.1, 0.15) is 18.2 Å². The summed E-state index contributed by atoms with van der Waals surface area (Å²) in [5, 5.41) is 7.20. The van der Waals surface area contributed by atoms with E-state index < -0.39 is 0 Å². The number of guanidine groups is 1. The van der Waals surface area contributed by atoms with Crippen LogP contribution in [0.3, 0.4) is 0 Å². The molecule has 0 fully saturated rings. The summed E-state index contributed by atoms with van der Waals surface area (Å²) in [6.45, 7) is 5.14. The third-order valence-corrected chi connectivity index (χ3v) is 2.57. The van der Waals surface area contributed by atoms with E-state index in [1.807, 2.05) is 31.8 Å². The lowest BCUT2D eigenvalue weighted by Crippen LogP contribution is -2.40. The highest BCUT2D eigenvalue weighted by Gasteiger charge is 2.04. The van der Waals surface area contributed by atoms with Gasteiger partial charge in [-0.1, -0.05) is 0 Å². The quantitative estimate of drug-likeness (QED) is 0.567. The van der Waals surface area contributed by atoms with Crippen LogP contribution in [-0.2, 0) is 18.3 Å². The highest BCUT2D eigenvalue weighted by molar-refractivity contribution is 5.78. The number of aromatic nitrogens is 2. The minimum Gasteiger partial charge on any atom is -0.383 e. The van der Waals surface area contributed by atoms with Gasteiger partial charge in [0, 0.05) is 31.5 Å². The van der Waals surface area contributed by atoms with E-state index in [2.05, 4.69) is 15.4 Å². The van der Waals surface area contributed by atoms with Crippen molar-refractivity contribution in [1.82, 2.24) is 15.1 Å². The van der Waals surface area contributed by atoms with Crippen molar-refractivity contribution in [3.8, 4) is 0 Å². The van der Waals surface area contributed by atoms with E-state index in [1.54, 1.807) is 7.11 Å². The molecule has 0 aliphatic carbocycles. The van der Waals surface area contributed by atoms with Crippen molar-refractivity contribution in [2.24, 2.45) is 17.8 Å². The summed E-state index contributed by atoms with van der Waals surface area (Å²) in [4.78, 5) is 4.27. The summed E-state index contributed by atoms with van der Waals surface area (Å²) in [7, 11) is 3.56. The molecular formula is C11H21N5O. The first-order valence-electron chi connectivity index (χ1n) is 5.57. The largest absolute Gasteiger partial charge is 0.383 e. The van der Waals surface area contributed by atoms with Crippen LogP contribution in [0.15, 0.2) is 11.2 Å². The van der Waals surface area contributed by atoms with Crippen molar-refractivity contribution < 1.29 is 4.74 Å². The SMILES string of the molecule is COCC(C)NC(N)=NCc1cnn(C)c1C. The number of ether oxygens (including phenoxy) is 1. The van der Waals surface area contributed by atoms with Crippen molar-refractivity contribution >= 4 is 5.96 Å². The van der Waals surface area contributed by atoms with Gasteiger partial charge in [0.25, 0.3) is 0 Å². The third-order valence-electron chi connectivity index (χ3n) is 2.57. The van der Waals surface area contributed by atoms with Gasteiger partial charge in [-0.05, 0) is 13.8 Å². The molecule has 0 saturated carbocycles. The van der Waals surface area contributed by atoms with Gasteiger partial charge in [0.1, 0.15) is 0 Å². The molecule has 0 radical (unpaired) electrons. The Hall–Kier alpha value is -1.56. The van der Waals surface area contributed by atoms with Crippen LogP contribution < -0.4 is 11.1 Å². The maximum absolute atomic E-state index is 5.77. The second-order valence-corrected chi connectivity index (χ2v) is 4.08. The molecule has 0 aromatic carbocycles. The second kappa shape index (κ2) is 6.24. The van der Waals surface area contributed by atoms with Crippen LogP contribution in [0.2, 0.25) is 0 Å². The number of aliphatic imine (C=N–C) groups is 1. The van der Waals surface area contributed by atoms with Gasteiger partial charge in [0.2, 0.25) is 0 Å². The number of nitrogens with two attached hydrogens (primary N) is 1. The Balaban J connectivity index is 2.50. The summed E-state index contributed by atoms with van der Waals surface area (Å²) >= 11 is 0. The fourth-order valence-electron chi connectivity index (χ4n) is 1.46. The lowest BCUT2D eigenvalue weighted by Gasteiger charge is -2.12. The monoisotopic (exact) mass is 239 g/mol. The maximum atomic E-state index is 5.77. The zero-order chi connectivity index (χ0) is 12.8. The highest BCUT2D eigenvalue weighted by atomic mass is 16.5. The predicted molar refractivity (Wildman–Crippen MR) is 67.7 cm³/mol. The summed E-state index contributed by atoms with van der Waals surface area (Å²) in [6, 6.07) is 0.152. The summed E-state index contributed by atoms with van der Waals surface area (Å²) < 4.78 is 6.82. The van der Waals surface area contributed by atoms with Crippen molar-refractivity contribution in [2.75, 3.05) is 13.7 Å². The van der Waals surface area contributed by atoms with E-state index in [1.165, 1.54) is 0 Å². The molecule has 1 unspecified atom stereocenters. The molecule has 0 amide bonds. The van der Waals surface area contributed by atoms with Crippen LogP contribution in [0, 0.1) is 6.92 Å². The molecule has 17 heavy (non-hydrogen) atoms. The summed E-state index contributed by atoms with van der Waals surface area (Å²) in [6.07, 6.45) is 1.81. The van der Waals surface area contributed by atoms with Crippen molar-refractivity contribution in [1.29, 1.82) is 0 Å². The van der Waals surface area contributed by atoms with Gasteiger partial charge in [0.05, 0.1) is 19.3 Å². The number of hydrogen-bond acceptors (Lipinski definition) is 3. The van der Waals surface area contributed by atoms with E-state index >= 15 is 0 Å². The van der Waals surface area contributed by atoms with E-state index in [9.17, 15) is 0 Å². The molecule has 0 aliphatic heterocycles. The Morgan fingerprint density at radius 3 is 2.94 bits per heavy atom. The van der Waals surface area contributed by atoms with Gasteiger partial charge >= 0.3 is 0 Å². The predicted octanol–water partition coefficient (Wildman–Crippen LogP) is 0.168. The first-order chi connectivity index (χ1) is 8.04. The lowest BCUT2D eigenvalue weighted by atomic mass is 10.3. The Bertz CT molecular complexity index is 385. The van der Waals surface area contributed by atoms with Gasteiger partial charge in [-0.2, -0.15) is 5.10 Å². The molecule has 0 aliphatic rings. The number of methoxy groups -OCH3 is 1. The highest BCUT2D eigenvalue weighted by Crippen LogP contribution is 2.06. The van der Waals surface area contributed by atoms with E-state index in [0.29, 0.717) is 19.1 Å². The fraction of sp³-hybridized carbons (Fsp3) is 0.636. The molecule has 6 nitrogen and oxygen atoms in total. The van der Waals surface area contributed by atoms with Gasteiger partial charge in [-0.15, -0.1) is 0 Å². The lowest BCUT2D eigenvalue weighted by molar-refractivity contribution is 0.179. The van der Waals surface area contributed by atoms with Crippen molar-refractivity contribution in [3.05, 3.63) is 17.5 Å². The van der Waals surface area contributed by atoms with Gasteiger partial charge in [-0.3, -0.25) is 4.68 Å². The Morgan fingerprint density at radius 1 is 1.71 bits per heavy atom. The molecule has 1 rings (SSSR count). The van der Waals surface area contributed by atoms with Gasteiger partial charge < -0.3 is 15.8 Å².